The predicted molar refractivity (Wildman–Crippen MR) is 39.6 cm³/mol. The third kappa shape index (κ3) is 2.35. The molecular formula is C7H13F3N2. The van der Waals surface area contributed by atoms with Crippen LogP contribution in [0.15, 0.2) is 0 Å². The number of nitrogens with two attached hydrogens (primary N) is 1. The van der Waals surface area contributed by atoms with E-state index in [1.165, 1.54) is 0 Å². The fourth-order valence-corrected chi connectivity index (χ4v) is 1.48. The summed E-state index contributed by atoms with van der Waals surface area (Å²) in [5.74, 6) is -1.16. The highest BCUT2D eigenvalue weighted by Gasteiger charge is 2.41. The van der Waals surface area contributed by atoms with Crippen LogP contribution >= 0.6 is 0 Å². The van der Waals surface area contributed by atoms with Crippen LogP contribution in [0.3, 0.4) is 0 Å². The molecule has 0 aromatic carbocycles. The second-order valence-electron chi connectivity index (χ2n) is 3.15. The summed E-state index contributed by atoms with van der Waals surface area (Å²) in [6.45, 7) is 0.707. The summed E-state index contributed by atoms with van der Waals surface area (Å²) in [7, 11) is 0. The average Bonchev–Trinajstić information content (AvgIpc) is 2.03. The Morgan fingerprint density at radius 1 is 1.42 bits per heavy atom. The lowest BCUT2D eigenvalue weighted by molar-refractivity contribution is -0.182. The first-order chi connectivity index (χ1) is 5.54. The summed E-state index contributed by atoms with van der Waals surface area (Å²) in [5, 5.41) is 2.95. The second-order valence-corrected chi connectivity index (χ2v) is 3.15. The van der Waals surface area contributed by atoms with Crippen LogP contribution in [0.4, 0.5) is 13.2 Å². The molecule has 0 saturated carbocycles. The number of alkyl halides is 3. The van der Waals surface area contributed by atoms with Gasteiger partial charge in [0, 0.05) is 12.6 Å². The van der Waals surface area contributed by atoms with Crippen molar-refractivity contribution in [3.63, 3.8) is 0 Å². The average molecular weight is 182 g/mol. The van der Waals surface area contributed by atoms with Crippen LogP contribution in [-0.2, 0) is 0 Å². The molecule has 5 heteroatoms. The van der Waals surface area contributed by atoms with Gasteiger partial charge in [0.05, 0.1) is 5.92 Å². The Balaban J connectivity index is 2.46. The Labute approximate surface area is 69.3 Å². The standard InChI is InChI=1S/C7H13F3N2/c8-7(9,10)5-1-2-12-6(3-5)4-11/h5-6,12H,1-4,11H2/t5-,6+/m1/s1. The minimum absolute atomic E-state index is 0.125. The van der Waals surface area contributed by atoms with Crippen molar-refractivity contribution in [3.05, 3.63) is 0 Å². The molecule has 1 heterocycles. The minimum atomic E-state index is -4.05. The topological polar surface area (TPSA) is 38.0 Å². The van der Waals surface area contributed by atoms with Gasteiger partial charge < -0.3 is 11.1 Å². The zero-order valence-electron chi connectivity index (χ0n) is 6.69. The zero-order valence-corrected chi connectivity index (χ0v) is 6.69. The number of rotatable bonds is 1. The third-order valence-corrected chi connectivity index (χ3v) is 2.24. The van der Waals surface area contributed by atoms with Gasteiger partial charge in [0.2, 0.25) is 0 Å². The number of nitrogens with one attached hydrogen (secondary N) is 1. The van der Waals surface area contributed by atoms with Gasteiger partial charge >= 0.3 is 6.18 Å². The lowest BCUT2D eigenvalue weighted by atomic mass is 9.92. The molecule has 0 unspecified atom stereocenters. The fraction of sp³-hybridized carbons (Fsp3) is 1.00. The zero-order chi connectivity index (χ0) is 9.19. The van der Waals surface area contributed by atoms with Crippen molar-refractivity contribution < 1.29 is 13.2 Å². The molecule has 0 amide bonds. The van der Waals surface area contributed by atoms with Gasteiger partial charge in [0.1, 0.15) is 0 Å². The summed E-state index contributed by atoms with van der Waals surface area (Å²) in [6, 6.07) is -0.162. The van der Waals surface area contributed by atoms with Crippen LogP contribution in [0.1, 0.15) is 12.8 Å². The molecule has 1 aliphatic rings. The highest BCUT2D eigenvalue weighted by Crippen LogP contribution is 2.33. The Hall–Kier alpha value is -0.290. The van der Waals surface area contributed by atoms with Gasteiger partial charge in [-0.2, -0.15) is 13.2 Å². The Morgan fingerprint density at radius 3 is 2.58 bits per heavy atom. The van der Waals surface area contributed by atoms with Crippen molar-refractivity contribution in [2.24, 2.45) is 11.7 Å². The van der Waals surface area contributed by atoms with Crippen molar-refractivity contribution in [1.82, 2.24) is 5.32 Å². The largest absolute Gasteiger partial charge is 0.391 e. The summed E-state index contributed by atoms with van der Waals surface area (Å²) in [4.78, 5) is 0. The monoisotopic (exact) mass is 182 g/mol. The first-order valence-electron chi connectivity index (χ1n) is 4.04. The maximum Gasteiger partial charge on any atom is 0.391 e. The van der Waals surface area contributed by atoms with Crippen LogP contribution in [0.25, 0.3) is 0 Å². The van der Waals surface area contributed by atoms with Crippen LogP contribution in [-0.4, -0.2) is 25.3 Å². The Bertz CT molecular complexity index is 146. The van der Waals surface area contributed by atoms with Gasteiger partial charge in [-0.15, -0.1) is 0 Å². The molecule has 1 rings (SSSR count). The number of piperidine rings is 1. The van der Waals surface area contributed by atoms with E-state index >= 15 is 0 Å². The van der Waals surface area contributed by atoms with E-state index in [4.69, 9.17) is 5.73 Å². The van der Waals surface area contributed by atoms with Crippen LogP contribution in [0.2, 0.25) is 0 Å². The molecule has 1 aliphatic heterocycles. The second kappa shape index (κ2) is 3.62. The van der Waals surface area contributed by atoms with Crippen molar-refractivity contribution in [2.45, 2.75) is 25.1 Å². The van der Waals surface area contributed by atoms with Crippen molar-refractivity contribution in [2.75, 3.05) is 13.1 Å². The van der Waals surface area contributed by atoms with Crippen molar-refractivity contribution >= 4 is 0 Å². The molecule has 0 spiro atoms. The van der Waals surface area contributed by atoms with E-state index in [-0.39, 0.29) is 25.4 Å². The van der Waals surface area contributed by atoms with Gasteiger partial charge in [-0.1, -0.05) is 0 Å². The van der Waals surface area contributed by atoms with Gasteiger partial charge in [0.15, 0.2) is 0 Å². The first kappa shape index (κ1) is 9.80. The highest BCUT2D eigenvalue weighted by atomic mass is 19.4. The van der Waals surface area contributed by atoms with Crippen LogP contribution in [0, 0.1) is 5.92 Å². The number of hydrogen-bond acceptors (Lipinski definition) is 2. The summed E-state index contributed by atoms with van der Waals surface area (Å²) < 4.78 is 36.5. The molecule has 12 heavy (non-hydrogen) atoms. The van der Waals surface area contributed by atoms with Crippen molar-refractivity contribution in [1.29, 1.82) is 0 Å². The lowest BCUT2D eigenvalue weighted by Gasteiger charge is -2.30. The summed E-state index contributed by atoms with van der Waals surface area (Å²) in [6.07, 6.45) is -3.74. The smallest absolute Gasteiger partial charge is 0.329 e. The van der Waals surface area contributed by atoms with E-state index in [0.717, 1.165) is 0 Å². The third-order valence-electron chi connectivity index (χ3n) is 2.24. The van der Waals surface area contributed by atoms with Crippen molar-refractivity contribution in [3.8, 4) is 0 Å². The molecule has 0 radical (unpaired) electrons. The molecule has 3 N–H and O–H groups in total. The normalized spacial score (nSPS) is 32.0. The molecule has 1 saturated heterocycles. The molecule has 2 nitrogen and oxygen atoms in total. The molecule has 0 aromatic rings. The first-order valence-corrected chi connectivity index (χ1v) is 4.04. The van der Waals surface area contributed by atoms with Crippen LogP contribution < -0.4 is 11.1 Å². The molecule has 2 atom stereocenters. The predicted octanol–water partition coefficient (Wildman–Crippen LogP) is 0.876. The van der Waals surface area contributed by atoms with Crippen LogP contribution in [0.5, 0.6) is 0 Å². The minimum Gasteiger partial charge on any atom is -0.329 e. The lowest BCUT2D eigenvalue weighted by Crippen LogP contribution is -2.46. The molecule has 1 fully saturated rings. The fourth-order valence-electron chi connectivity index (χ4n) is 1.48. The van der Waals surface area contributed by atoms with E-state index in [1.54, 1.807) is 0 Å². The van der Waals surface area contributed by atoms with E-state index in [2.05, 4.69) is 5.32 Å². The molecule has 72 valence electrons. The van der Waals surface area contributed by atoms with Gasteiger partial charge in [0.25, 0.3) is 0 Å². The van der Waals surface area contributed by atoms with Gasteiger partial charge in [-0.05, 0) is 19.4 Å². The summed E-state index contributed by atoms with van der Waals surface area (Å²) >= 11 is 0. The van der Waals surface area contributed by atoms with Gasteiger partial charge in [-0.25, -0.2) is 0 Å². The Morgan fingerprint density at radius 2 is 2.08 bits per heavy atom. The molecular weight excluding hydrogens is 169 g/mol. The molecule has 0 aromatic heterocycles. The molecule has 0 aliphatic carbocycles. The Kier molecular flexibility index (Phi) is 2.95. The quantitative estimate of drug-likeness (QED) is 0.631. The maximum atomic E-state index is 12.2. The highest BCUT2D eigenvalue weighted by molar-refractivity contribution is 4.82. The summed E-state index contributed by atoms with van der Waals surface area (Å²) in [5.41, 5.74) is 5.28. The SMILES string of the molecule is NC[C@@H]1C[C@H](C(F)(F)F)CCN1. The number of halogens is 3. The number of hydrogen-bond donors (Lipinski definition) is 2. The molecule has 0 bridgehead atoms. The maximum absolute atomic E-state index is 12.2. The van der Waals surface area contributed by atoms with E-state index < -0.39 is 12.1 Å². The van der Waals surface area contributed by atoms with E-state index in [9.17, 15) is 13.2 Å². The van der Waals surface area contributed by atoms with E-state index in [0.29, 0.717) is 6.54 Å². The van der Waals surface area contributed by atoms with Gasteiger partial charge in [-0.3, -0.25) is 0 Å². The van der Waals surface area contributed by atoms with E-state index in [1.807, 2.05) is 0 Å².